The molecule has 0 radical (unpaired) electrons. The number of nitrogens with zero attached hydrogens (tertiary/aromatic N) is 4. The van der Waals surface area contributed by atoms with Crippen LogP contribution in [0.15, 0.2) is 36.8 Å². The van der Waals surface area contributed by atoms with Crippen molar-refractivity contribution in [3.63, 3.8) is 0 Å². The number of nitrogens with two attached hydrogens (primary N) is 1. The molecule has 100 valence electrons. The maximum Gasteiger partial charge on any atom is 0.259 e. The monoisotopic (exact) mass is 268 g/mol. The number of hydrogen-bond donors (Lipinski definition) is 2. The van der Waals surface area contributed by atoms with Crippen LogP contribution in [0.25, 0.3) is 11.0 Å². The first kappa shape index (κ1) is 12.1. The second kappa shape index (κ2) is 4.61. The highest BCUT2D eigenvalue weighted by molar-refractivity contribution is 6.11. The van der Waals surface area contributed by atoms with Crippen molar-refractivity contribution in [2.45, 2.75) is 0 Å². The van der Waals surface area contributed by atoms with Gasteiger partial charge in [0.05, 0.1) is 23.0 Å². The average molecular weight is 268 g/mol. The number of fused-ring (bicyclic) bond motifs is 1. The second-order valence-electron chi connectivity index (χ2n) is 4.26. The SMILES string of the molecule is Cn1ncc(N)c1NC(=O)c1cccc2nccnc12. The molecule has 7 heteroatoms. The van der Waals surface area contributed by atoms with Crippen LogP contribution in [0, 0.1) is 0 Å². The van der Waals surface area contributed by atoms with E-state index in [0.29, 0.717) is 28.1 Å². The fourth-order valence-corrected chi connectivity index (χ4v) is 1.96. The third-order valence-corrected chi connectivity index (χ3v) is 2.94. The number of nitrogens with one attached hydrogen (secondary N) is 1. The van der Waals surface area contributed by atoms with Crippen LogP contribution < -0.4 is 11.1 Å². The quantitative estimate of drug-likeness (QED) is 0.727. The van der Waals surface area contributed by atoms with Gasteiger partial charge in [-0.1, -0.05) is 6.07 Å². The molecule has 0 saturated carbocycles. The van der Waals surface area contributed by atoms with Crippen LogP contribution in [0.5, 0.6) is 0 Å². The molecule has 0 spiro atoms. The Labute approximate surface area is 114 Å². The first-order chi connectivity index (χ1) is 9.66. The van der Waals surface area contributed by atoms with Crippen molar-refractivity contribution in [3.05, 3.63) is 42.4 Å². The van der Waals surface area contributed by atoms with E-state index in [-0.39, 0.29) is 5.91 Å². The lowest BCUT2D eigenvalue weighted by molar-refractivity contribution is 0.102. The number of hydrogen-bond acceptors (Lipinski definition) is 5. The Hall–Kier alpha value is -2.96. The molecule has 3 rings (SSSR count). The molecule has 0 saturated heterocycles. The summed E-state index contributed by atoms with van der Waals surface area (Å²) in [6.07, 6.45) is 4.62. The summed E-state index contributed by atoms with van der Waals surface area (Å²) in [5.74, 6) is 0.155. The number of carbonyl (C=O) groups excluding carboxylic acids is 1. The molecule has 0 fully saturated rings. The van der Waals surface area contributed by atoms with Gasteiger partial charge in [-0.15, -0.1) is 0 Å². The van der Waals surface area contributed by atoms with E-state index in [0.717, 1.165) is 0 Å². The summed E-state index contributed by atoms with van der Waals surface area (Å²) in [6.45, 7) is 0. The summed E-state index contributed by atoms with van der Waals surface area (Å²) >= 11 is 0. The molecule has 1 aromatic carbocycles. The minimum Gasteiger partial charge on any atom is -0.394 e. The summed E-state index contributed by atoms with van der Waals surface area (Å²) in [5.41, 5.74) is 7.82. The number of rotatable bonds is 2. The zero-order valence-electron chi connectivity index (χ0n) is 10.7. The average Bonchev–Trinajstić information content (AvgIpc) is 2.78. The highest BCUT2D eigenvalue weighted by Gasteiger charge is 2.14. The van der Waals surface area contributed by atoms with Crippen molar-refractivity contribution in [1.82, 2.24) is 19.7 Å². The van der Waals surface area contributed by atoms with Crippen molar-refractivity contribution >= 4 is 28.4 Å². The minimum atomic E-state index is -0.300. The van der Waals surface area contributed by atoms with Gasteiger partial charge in [0.1, 0.15) is 5.52 Å². The molecule has 0 unspecified atom stereocenters. The molecule has 3 aromatic rings. The van der Waals surface area contributed by atoms with Crippen molar-refractivity contribution in [2.75, 3.05) is 11.1 Å². The molecule has 0 aliphatic rings. The molecule has 0 bridgehead atoms. The summed E-state index contributed by atoms with van der Waals surface area (Å²) in [4.78, 5) is 20.7. The molecule has 0 aliphatic heterocycles. The summed E-state index contributed by atoms with van der Waals surface area (Å²) in [6, 6.07) is 5.26. The van der Waals surface area contributed by atoms with Crippen LogP contribution in [0.4, 0.5) is 11.5 Å². The number of aryl methyl sites for hydroxylation is 1. The fourth-order valence-electron chi connectivity index (χ4n) is 1.96. The van der Waals surface area contributed by atoms with Crippen LogP contribution in [-0.2, 0) is 7.05 Å². The largest absolute Gasteiger partial charge is 0.394 e. The Kier molecular flexibility index (Phi) is 2.79. The topological polar surface area (TPSA) is 98.7 Å². The number of benzene rings is 1. The maximum atomic E-state index is 12.4. The van der Waals surface area contributed by atoms with Gasteiger partial charge in [-0.2, -0.15) is 5.10 Å². The van der Waals surface area contributed by atoms with Gasteiger partial charge in [-0.25, -0.2) is 0 Å². The van der Waals surface area contributed by atoms with Crippen LogP contribution in [0.1, 0.15) is 10.4 Å². The standard InChI is InChI=1S/C13H12N6O/c1-19-12(9(14)7-17-19)18-13(20)8-3-2-4-10-11(8)16-6-5-15-10/h2-7H,14H2,1H3,(H,18,20). The second-order valence-corrected chi connectivity index (χ2v) is 4.26. The predicted molar refractivity (Wildman–Crippen MR) is 75.1 cm³/mol. The summed E-state index contributed by atoms with van der Waals surface area (Å²) in [7, 11) is 1.70. The van der Waals surface area contributed by atoms with Crippen LogP contribution in [0.2, 0.25) is 0 Å². The molecule has 2 aromatic heterocycles. The van der Waals surface area contributed by atoms with Crippen molar-refractivity contribution < 1.29 is 4.79 Å². The Bertz CT molecular complexity index is 770. The van der Waals surface area contributed by atoms with Crippen molar-refractivity contribution in [3.8, 4) is 0 Å². The number of para-hydroxylation sites is 1. The third kappa shape index (κ3) is 1.95. The summed E-state index contributed by atoms with van der Waals surface area (Å²) in [5, 5.41) is 6.71. The number of nitrogen functional groups attached to an aromatic ring is 1. The van der Waals surface area contributed by atoms with Crippen LogP contribution in [0.3, 0.4) is 0 Å². The number of carbonyl (C=O) groups is 1. The molecular weight excluding hydrogens is 256 g/mol. The van der Waals surface area contributed by atoms with Gasteiger partial charge >= 0.3 is 0 Å². The zero-order chi connectivity index (χ0) is 14.1. The Balaban J connectivity index is 2.01. The van der Waals surface area contributed by atoms with Gasteiger partial charge in [-0.3, -0.25) is 19.4 Å². The first-order valence-corrected chi connectivity index (χ1v) is 5.95. The van der Waals surface area contributed by atoms with Gasteiger partial charge in [0.15, 0.2) is 5.82 Å². The molecular formula is C13H12N6O. The van der Waals surface area contributed by atoms with Gasteiger partial charge in [0.25, 0.3) is 5.91 Å². The van der Waals surface area contributed by atoms with E-state index >= 15 is 0 Å². The zero-order valence-corrected chi connectivity index (χ0v) is 10.7. The highest BCUT2D eigenvalue weighted by atomic mass is 16.1. The summed E-state index contributed by atoms with van der Waals surface area (Å²) < 4.78 is 1.50. The molecule has 3 N–H and O–H groups in total. The van der Waals surface area contributed by atoms with E-state index in [9.17, 15) is 4.79 Å². The van der Waals surface area contributed by atoms with Crippen molar-refractivity contribution in [2.24, 2.45) is 7.05 Å². The molecule has 0 aliphatic carbocycles. The highest BCUT2D eigenvalue weighted by Crippen LogP contribution is 2.19. The number of amides is 1. The predicted octanol–water partition coefficient (Wildman–Crippen LogP) is 1.20. The van der Waals surface area contributed by atoms with Gasteiger partial charge in [0, 0.05) is 19.4 Å². The number of anilines is 2. The van der Waals surface area contributed by atoms with E-state index < -0.39 is 0 Å². The maximum absolute atomic E-state index is 12.4. The lowest BCUT2D eigenvalue weighted by Gasteiger charge is -2.08. The van der Waals surface area contributed by atoms with Crippen LogP contribution >= 0.6 is 0 Å². The molecule has 1 amide bonds. The Morgan fingerprint density at radius 3 is 2.85 bits per heavy atom. The lowest BCUT2D eigenvalue weighted by Crippen LogP contribution is -2.16. The normalized spacial score (nSPS) is 10.7. The Morgan fingerprint density at radius 2 is 2.10 bits per heavy atom. The molecule has 7 nitrogen and oxygen atoms in total. The van der Waals surface area contributed by atoms with E-state index in [2.05, 4.69) is 20.4 Å². The van der Waals surface area contributed by atoms with Gasteiger partial charge in [0.2, 0.25) is 0 Å². The van der Waals surface area contributed by atoms with Crippen LogP contribution in [-0.4, -0.2) is 25.7 Å². The fraction of sp³-hybridized carbons (Fsp3) is 0.0769. The number of aromatic nitrogens is 4. The van der Waals surface area contributed by atoms with E-state index in [1.54, 1.807) is 37.6 Å². The van der Waals surface area contributed by atoms with E-state index in [4.69, 9.17) is 5.73 Å². The molecule has 0 atom stereocenters. The third-order valence-electron chi connectivity index (χ3n) is 2.94. The van der Waals surface area contributed by atoms with Gasteiger partial charge < -0.3 is 11.1 Å². The first-order valence-electron chi connectivity index (χ1n) is 5.95. The Morgan fingerprint density at radius 1 is 1.30 bits per heavy atom. The molecule has 20 heavy (non-hydrogen) atoms. The van der Waals surface area contributed by atoms with Crippen molar-refractivity contribution in [1.29, 1.82) is 0 Å². The smallest absolute Gasteiger partial charge is 0.259 e. The minimum absolute atomic E-state index is 0.300. The van der Waals surface area contributed by atoms with E-state index in [1.807, 2.05) is 0 Å². The lowest BCUT2D eigenvalue weighted by atomic mass is 10.1. The molecule has 2 heterocycles. The van der Waals surface area contributed by atoms with Gasteiger partial charge in [-0.05, 0) is 12.1 Å². The van der Waals surface area contributed by atoms with E-state index in [1.165, 1.54) is 10.9 Å².